The lowest BCUT2D eigenvalue weighted by atomic mass is 9.95. The second kappa shape index (κ2) is 6.41. The molecule has 0 aliphatic carbocycles. The number of alkyl halides is 3. The number of carbonyl (C=O) groups is 1. The quantitative estimate of drug-likeness (QED) is 0.613. The van der Waals surface area contributed by atoms with E-state index in [4.69, 9.17) is 0 Å². The Morgan fingerprint density at radius 3 is 2.32 bits per heavy atom. The van der Waals surface area contributed by atoms with Gasteiger partial charge in [-0.15, -0.1) is 0 Å². The average molecular weight is 272 g/mol. The fourth-order valence-electron chi connectivity index (χ4n) is 1.66. The Bertz CT molecular complexity index is 447. The Morgan fingerprint density at radius 2 is 1.89 bits per heavy atom. The number of methoxy groups -OCH3 is 1. The molecule has 1 rings (SSSR count). The number of benzene rings is 1. The fraction of sp³-hybridized carbons (Fsp3) is 0.357. The molecule has 19 heavy (non-hydrogen) atoms. The van der Waals surface area contributed by atoms with Crippen molar-refractivity contribution in [1.29, 1.82) is 0 Å². The van der Waals surface area contributed by atoms with Gasteiger partial charge < -0.3 is 4.74 Å². The van der Waals surface area contributed by atoms with Crippen molar-refractivity contribution in [1.82, 2.24) is 0 Å². The molecule has 1 aromatic carbocycles. The van der Waals surface area contributed by atoms with Crippen molar-refractivity contribution in [2.24, 2.45) is 0 Å². The van der Waals surface area contributed by atoms with Crippen LogP contribution < -0.4 is 0 Å². The monoisotopic (exact) mass is 272 g/mol. The topological polar surface area (TPSA) is 26.3 Å². The molecule has 0 aliphatic rings. The standard InChI is InChI=1S/C14H15F3O2/c1-3-10(6-9-13(18)19-2)11-4-7-12(8-5-11)14(15,16)17/h4-10H,3H2,1-2H3/b9-6+. The number of esters is 1. The predicted molar refractivity (Wildman–Crippen MR) is 65.6 cm³/mol. The first-order chi connectivity index (χ1) is 8.88. The molecule has 0 amide bonds. The predicted octanol–water partition coefficient (Wildman–Crippen LogP) is 3.93. The van der Waals surface area contributed by atoms with Crippen molar-refractivity contribution in [2.45, 2.75) is 25.4 Å². The molecule has 0 fully saturated rings. The molecule has 0 heterocycles. The smallest absolute Gasteiger partial charge is 0.416 e. The SMILES string of the molecule is CCC(/C=C/C(=O)OC)c1ccc(C(F)(F)F)cc1. The van der Waals surface area contributed by atoms with Crippen LogP contribution >= 0.6 is 0 Å². The van der Waals surface area contributed by atoms with Gasteiger partial charge in [-0.1, -0.05) is 25.1 Å². The molecule has 0 spiro atoms. The van der Waals surface area contributed by atoms with E-state index in [-0.39, 0.29) is 5.92 Å². The lowest BCUT2D eigenvalue weighted by Gasteiger charge is -2.12. The first-order valence-corrected chi connectivity index (χ1v) is 5.81. The third kappa shape index (κ3) is 4.43. The Hall–Kier alpha value is -1.78. The minimum atomic E-state index is -4.33. The van der Waals surface area contributed by atoms with Gasteiger partial charge in [0.05, 0.1) is 12.7 Å². The van der Waals surface area contributed by atoms with E-state index in [0.29, 0.717) is 6.42 Å². The Kier molecular flexibility index (Phi) is 5.15. The lowest BCUT2D eigenvalue weighted by molar-refractivity contribution is -0.137. The maximum Gasteiger partial charge on any atom is 0.416 e. The fourth-order valence-corrected chi connectivity index (χ4v) is 1.66. The average Bonchev–Trinajstić information content (AvgIpc) is 2.38. The van der Waals surface area contributed by atoms with Gasteiger partial charge in [0, 0.05) is 12.0 Å². The van der Waals surface area contributed by atoms with Gasteiger partial charge in [0.15, 0.2) is 0 Å². The first kappa shape index (κ1) is 15.3. The second-order valence-corrected chi connectivity index (χ2v) is 4.02. The van der Waals surface area contributed by atoms with Gasteiger partial charge in [0.1, 0.15) is 0 Å². The third-order valence-corrected chi connectivity index (χ3v) is 2.77. The van der Waals surface area contributed by atoms with Crippen LogP contribution in [0.4, 0.5) is 13.2 Å². The van der Waals surface area contributed by atoms with E-state index in [9.17, 15) is 18.0 Å². The Balaban J connectivity index is 2.88. The van der Waals surface area contributed by atoms with E-state index in [0.717, 1.165) is 17.7 Å². The minimum absolute atomic E-state index is 0.110. The Morgan fingerprint density at radius 1 is 1.32 bits per heavy atom. The summed E-state index contributed by atoms with van der Waals surface area (Å²) in [5.74, 6) is -0.591. The van der Waals surface area contributed by atoms with E-state index in [1.165, 1.54) is 25.3 Å². The molecule has 0 aliphatic heterocycles. The van der Waals surface area contributed by atoms with Crippen molar-refractivity contribution >= 4 is 5.97 Å². The van der Waals surface area contributed by atoms with Crippen molar-refractivity contribution in [3.63, 3.8) is 0 Å². The summed E-state index contributed by atoms with van der Waals surface area (Å²) in [5.41, 5.74) is 0.0544. The van der Waals surface area contributed by atoms with Crippen LogP contribution in [0.25, 0.3) is 0 Å². The van der Waals surface area contributed by atoms with E-state index in [1.807, 2.05) is 6.92 Å². The van der Waals surface area contributed by atoms with Crippen LogP contribution in [0.5, 0.6) is 0 Å². The van der Waals surface area contributed by atoms with Crippen molar-refractivity contribution in [3.8, 4) is 0 Å². The van der Waals surface area contributed by atoms with E-state index >= 15 is 0 Å². The summed E-state index contributed by atoms with van der Waals surface area (Å²) in [6.07, 6.45) is -0.735. The number of rotatable bonds is 4. The maximum atomic E-state index is 12.4. The molecule has 0 N–H and O–H groups in total. The summed E-state index contributed by atoms with van der Waals surface area (Å²) in [6, 6.07) is 4.95. The highest BCUT2D eigenvalue weighted by molar-refractivity contribution is 5.81. The van der Waals surface area contributed by atoms with E-state index < -0.39 is 17.7 Å². The molecule has 0 saturated carbocycles. The molecule has 1 aromatic rings. The number of hydrogen-bond acceptors (Lipinski definition) is 2. The number of ether oxygens (including phenoxy) is 1. The normalized spacial score (nSPS) is 13.5. The first-order valence-electron chi connectivity index (χ1n) is 5.81. The van der Waals surface area contributed by atoms with E-state index in [2.05, 4.69) is 4.74 Å². The molecule has 2 nitrogen and oxygen atoms in total. The largest absolute Gasteiger partial charge is 0.466 e. The zero-order valence-corrected chi connectivity index (χ0v) is 10.7. The number of allylic oxidation sites excluding steroid dienone is 1. The number of halogens is 3. The van der Waals surface area contributed by atoms with Crippen LogP contribution in [0.3, 0.4) is 0 Å². The molecule has 0 aromatic heterocycles. The minimum Gasteiger partial charge on any atom is -0.466 e. The highest BCUT2D eigenvalue weighted by Crippen LogP contribution is 2.30. The van der Waals surface area contributed by atoms with Gasteiger partial charge in [-0.2, -0.15) is 13.2 Å². The van der Waals surface area contributed by atoms with Gasteiger partial charge in [0.2, 0.25) is 0 Å². The summed E-state index contributed by atoms with van der Waals surface area (Å²) in [5, 5.41) is 0. The van der Waals surface area contributed by atoms with Gasteiger partial charge in [-0.05, 0) is 24.1 Å². The van der Waals surface area contributed by atoms with Crippen LogP contribution in [-0.2, 0) is 15.7 Å². The van der Waals surface area contributed by atoms with Crippen LogP contribution in [0.1, 0.15) is 30.4 Å². The summed E-state index contributed by atoms with van der Waals surface area (Å²) in [7, 11) is 1.27. The lowest BCUT2D eigenvalue weighted by Crippen LogP contribution is -2.05. The summed E-state index contributed by atoms with van der Waals surface area (Å²) >= 11 is 0. The zero-order valence-electron chi connectivity index (χ0n) is 10.7. The molecule has 5 heteroatoms. The summed E-state index contributed by atoms with van der Waals surface area (Å²) in [6.45, 7) is 1.89. The molecule has 1 atom stereocenters. The van der Waals surface area contributed by atoms with Gasteiger partial charge in [-0.3, -0.25) is 0 Å². The van der Waals surface area contributed by atoms with Crippen LogP contribution in [-0.4, -0.2) is 13.1 Å². The zero-order chi connectivity index (χ0) is 14.5. The number of carbonyl (C=O) groups excluding carboxylic acids is 1. The van der Waals surface area contributed by atoms with Gasteiger partial charge in [0.25, 0.3) is 0 Å². The van der Waals surface area contributed by atoms with Crippen LogP contribution in [0.15, 0.2) is 36.4 Å². The molecular weight excluding hydrogens is 257 g/mol. The summed E-state index contributed by atoms with van der Waals surface area (Å²) in [4.78, 5) is 11.0. The Labute approximate surface area is 109 Å². The molecule has 0 saturated heterocycles. The number of hydrogen-bond donors (Lipinski definition) is 0. The molecule has 0 bridgehead atoms. The van der Waals surface area contributed by atoms with Gasteiger partial charge in [-0.25, -0.2) is 4.79 Å². The molecule has 0 radical (unpaired) electrons. The highest BCUT2D eigenvalue weighted by Gasteiger charge is 2.30. The third-order valence-electron chi connectivity index (χ3n) is 2.77. The van der Waals surface area contributed by atoms with Crippen molar-refractivity contribution in [3.05, 3.63) is 47.5 Å². The van der Waals surface area contributed by atoms with E-state index in [1.54, 1.807) is 6.08 Å². The summed E-state index contributed by atoms with van der Waals surface area (Å²) < 4.78 is 41.8. The van der Waals surface area contributed by atoms with Crippen molar-refractivity contribution in [2.75, 3.05) is 7.11 Å². The molecular formula is C14H15F3O2. The maximum absolute atomic E-state index is 12.4. The highest BCUT2D eigenvalue weighted by atomic mass is 19.4. The van der Waals surface area contributed by atoms with Crippen LogP contribution in [0.2, 0.25) is 0 Å². The second-order valence-electron chi connectivity index (χ2n) is 4.02. The molecule has 104 valence electrons. The van der Waals surface area contributed by atoms with Crippen LogP contribution in [0, 0.1) is 0 Å². The van der Waals surface area contributed by atoms with Crippen molar-refractivity contribution < 1.29 is 22.7 Å². The van der Waals surface area contributed by atoms with Gasteiger partial charge >= 0.3 is 12.1 Å². The molecule has 1 unspecified atom stereocenters.